The van der Waals surface area contributed by atoms with E-state index in [0.29, 0.717) is 12.1 Å². The number of hydrogen-bond donors (Lipinski definition) is 0. The third kappa shape index (κ3) is 4.34. The van der Waals surface area contributed by atoms with Gasteiger partial charge in [-0.15, -0.1) is 0 Å². The summed E-state index contributed by atoms with van der Waals surface area (Å²) in [6.45, 7) is 8.91. The largest absolute Gasteiger partial charge is 0.357 e. The molecular weight excluding hydrogens is 298 g/mol. The molecule has 0 unspecified atom stereocenters. The van der Waals surface area contributed by atoms with Gasteiger partial charge in [0.2, 0.25) is 0 Å². The van der Waals surface area contributed by atoms with Gasteiger partial charge in [-0.25, -0.2) is 4.98 Å². The maximum absolute atomic E-state index is 12.8. The fraction of sp³-hybridized carbons (Fsp3) is 0.400. The number of anilines is 2. The number of pyridine rings is 1. The lowest BCUT2D eigenvalue weighted by molar-refractivity contribution is 0.0988. The fourth-order valence-corrected chi connectivity index (χ4v) is 2.79. The molecule has 0 aliphatic rings. The zero-order chi connectivity index (χ0) is 17.4. The highest BCUT2D eigenvalue weighted by molar-refractivity contribution is 6.05. The normalized spacial score (nSPS) is 10.5. The second-order valence-corrected chi connectivity index (χ2v) is 5.78. The number of carbonyl (C=O) groups excluding carboxylic acids is 1. The monoisotopic (exact) mass is 325 g/mol. The lowest BCUT2D eigenvalue weighted by Crippen LogP contribution is -2.31. The van der Waals surface area contributed by atoms with Gasteiger partial charge in [0.15, 0.2) is 0 Å². The second kappa shape index (κ2) is 9.06. The van der Waals surface area contributed by atoms with Crippen LogP contribution >= 0.6 is 0 Å². The molecule has 2 rings (SSSR count). The highest BCUT2D eigenvalue weighted by Gasteiger charge is 2.16. The van der Waals surface area contributed by atoms with Crippen molar-refractivity contribution in [2.75, 3.05) is 29.4 Å². The van der Waals surface area contributed by atoms with Gasteiger partial charge in [-0.3, -0.25) is 4.79 Å². The molecule has 0 fully saturated rings. The summed E-state index contributed by atoms with van der Waals surface area (Å²) in [7, 11) is 0. The van der Waals surface area contributed by atoms with Gasteiger partial charge in [0.05, 0.1) is 5.56 Å². The van der Waals surface area contributed by atoms with Crippen LogP contribution in [0.2, 0.25) is 0 Å². The maximum atomic E-state index is 12.8. The average molecular weight is 325 g/mol. The van der Waals surface area contributed by atoms with Crippen molar-refractivity contribution in [2.24, 2.45) is 0 Å². The molecule has 0 aliphatic carbocycles. The molecule has 128 valence electrons. The molecule has 0 saturated heterocycles. The molecule has 0 saturated carbocycles. The quantitative estimate of drug-likeness (QED) is 0.723. The number of para-hydroxylation sites is 1. The number of nitrogens with zero attached hydrogens (tertiary/aromatic N) is 3. The number of carbonyl (C=O) groups is 1. The van der Waals surface area contributed by atoms with Crippen LogP contribution in [-0.2, 0) is 0 Å². The minimum Gasteiger partial charge on any atom is -0.357 e. The number of amides is 1. The van der Waals surface area contributed by atoms with Gasteiger partial charge >= 0.3 is 0 Å². The van der Waals surface area contributed by atoms with E-state index in [2.05, 4.69) is 23.7 Å². The maximum Gasteiger partial charge on any atom is 0.259 e. The van der Waals surface area contributed by atoms with E-state index in [-0.39, 0.29) is 5.91 Å². The molecule has 1 aromatic heterocycles. The second-order valence-electron chi connectivity index (χ2n) is 5.78. The summed E-state index contributed by atoms with van der Waals surface area (Å²) >= 11 is 0. The van der Waals surface area contributed by atoms with Crippen LogP contribution in [0.1, 0.15) is 44.0 Å². The van der Waals surface area contributed by atoms with Crippen molar-refractivity contribution < 1.29 is 4.79 Å². The van der Waals surface area contributed by atoms with Gasteiger partial charge in [-0.2, -0.15) is 0 Å². The van der Waals surface area contributed by atoms with Crippen molar-refractivity contribution in [2.45, 2.75) is 33.6 Å². The molecule has 0 bridgehead atoms. The SMILES string of the molecule is CCCN(CCC)c1ccc(C(=O)N(CC)c2ccccc2)cn1. The summed E-state index contributed by atoms with van der Waals surface area (Å²) in [5, 5.41) is 0. The van der Waals surface area contributed by atoms with E-state index in [4.69, 9.17) is 0 Å². The Balaban J connectivity index is 2.18. The molecule has 24 heavy (non-hydrogen) atoms. The van der Waals surface area contributed by atoms with Crippen molar-refractivity contribution in [1.82, 2.24) is 4.98 Å². The van der Waals surface area contributed by atoms with E-state index in [1.54, 1.807) is 11.1 Å². The van der Waals surface area contributed by atoms with E-state index < -0.39 is 0 Å². The topological polar surface area (TPSA) is 36.4 Å². The first-order valence-electron chi connectivity index (χ1n) is 8.79. The van der Waals surface area contributed by atoms with Gasteiger partial charge in [-0.1, -0.05) is 32.0 Å². The van der Waals surface area contributed by atoms with Crippen LogP contribution < -0.4 is 9.80 Å². The van der Waals surface area contributed by atoms with Crippen molar-refractivity contribution in [3.05, 3.63) is 54.2 Å². The van der Waals surface area contributed by atoms with Crippen molar-refractivity contribution in [3.8, 4) is 0 Å². The van der Waals surface area contributed by atoms with Gasteiger partial charge in [-0.05, 0) is 44.0 Å². The Morgan fingerprint density at radius 3 is 2.12 bits per heavy atom. The van der Waals surface area contributed by atoms with Crippen molar-refractivity contribution in [3.63, 3.8) is 0 Å². The lowest BCUT2D eigenvalue weighted by atomic mass is 10.2. The van der Waals surface area contributed by atoms with Crippen molar-refractivity contribution >= 4 is 17.4 Å². The minimum absolute atomic E-state index is 0.0136. The number of aromatic nitrogens is 1. The van der Waals surface area contributed by atoms with E-state index in [0.717, 1.165) is 37.4 Å². The predicted octanol–water partition coefficient (Wildman–Crippen LogP) is 4.37. The van der Waals surface area contributed by atoms with Crippen LogP contribution in [0.3, 0.4) is 0 Å². The zero-order valence-electron chi connectivity index (χ0n) is 14.9. The molecule has 4 nitrogen and oxygen atoms in total. The first-order valence-corrected chi connectivity index (χ1v) is 8.79. The molecule has 0 atom stereocenters. The summed E-state index contributed by atoms with van der Waals surface area (Å²) in [5.41, 5.74) is 1.53. The summed E-state index contributed by atoms with van der Waals surface area (Å²) < 4.78 is 0. The van der Waals surface area contributed by atoms with Crippen LogP contribution in [0.25, 0.3) is 0 Å². The van der Waals surface area contributed by atoms with Crippen LogP contribution in [0.5, 0.6) is 0 Å². The Morgan fingerprint density at radius 2 is 1.62 bits per heavy atom. The Kier molecular flexibility index (Phi) is 6.79. The zero-order valence-corrected chi connectivity index (χ0v) is 14.9. The Morgan fingerprint density at radius 1 is 0.958 bits per heavy atom. The van der Waals surface area contributed by atoms with Gasteiger partial charge in [0, 0.05) is 31.5 Å². The number of hydrogen-bond acceptors (Lipinski definition) is 3. The van der Waals surface area contributed by atoms with Crippen LogP contribution in [0.15, 0.2) is 48.7 Å². The van der Waals surface area contributed by atoms with Crippen molar-refractivity contribution in [1.29, 1.82) is 0 Å². The van der Waals surface area contributed by atoms with Gasteiger partial charge in [0.1, 0.15) is 5.82 Å². The number of benzene rings is 1. The average Bonchev–Trinajstić information content (AvgIpc) is 2.63. The molecule has 0 aliphatic heterocycles. The van der Waals surface area contributed by atoms with E-state index in [1.807, 2.05) is 49.4 Å². The van der Waals surface area contributed by atoms with Gasteiger partial charge < -0.3 is 9.80 Å². The third-order valence-electron chi connectivity index (χ3n) is 3.94. The molecule has 0 spiro atoms. The lowest BCUT2D eigenvalue weighted by Gasteiger charge is -2.23. The molecule has 0 N–H and O–H groups in total. The Hall–Kier alpha value is -2.36. The number of rotatable bonds is 8. The smallest absolute Gasteiger partial charge is 0.259 e. The predicted molar refractivity (Wildman–Crippen MR) is 101 cm³/mol. The van der Waals surface area contributed by atoms with Crippen LogP contribution in [0.4, 0.5) is 11.5 Å². The molecular formula is C20H27N3O. The van der Waals surface area contributed by atoms with Gasteiger partial charge in [0.25, 0.3) is 5.91 Å². The Labute approximate surface area is 145 Å². The summed E-state index contributed by atoms with van der Waals surface area (Å²) in [6, 6.07) is 13.6. The molecule has 0 radical (unpaired) electrons. The molecule has 1 amide bonds. The summed E-state index contributed by atoms with van der Waals surface area (Å²) in [5.74, 6) is 0.929. The van der Waals surface area contributed by atoms with Crippen LogP contribution in [0, 0.1) is 0 Å². The molecule has 4 heteroatoms. The fourth-order valence-electron chi connectivity index (χ4n) is 2.79. The molecule has 2 aromatic rings. The van der Waals surface area contributed by atoms with E-state index in [9.17, 15) is 4.79 Å². The highest BCUT2D eigenvalue weighted by atomic mass is 16.2. The molecule has 1 aromatic carbocycles. The minimum atomic E-state index is -0.0136. The first-order chi connectivity index (χ1) is 11.7. The standard InChI is InChI=1S/C20H27N3O/c1-4-14-22(15-5-2)19-13-12-17(16-21-19)20(24)23(6-3)18-10-8-7-9-11-18/h7-13,16H,4-6,14-15H2,1-3H3. The molecule has 1 heterocycles. The Bertz CT molecular complexity index is 619. The third-order valence-corrected chi connectivity index (χ3v) is 3.94. The first kappa shape index (κ1) is 18.0. The highest BCUT2D eigenvalue weighted by Crippen LogP contribution is 2.18. The summed E-state index contributed by atoms with van der Waals surface area (Å²) in [4.78, 5) is 21.3. The summed E-state index contributed by atoms with van der Waals surface area (Å²) in [6.07, 6.45) is 3.86. The van der Waals surface area contributed by atoms with Crippen LogP contribution in [-0.4, -0.2) is 30.5 Å². The van der Waals surface area contributed by atoms with E-state index in [1.165, 1.54) is 0 Å². The van der Waals surface area contributed by atoms with E-state index >= 15 is 0 Å².